The monoisotopic (exact) mass is 560 g/mol. The fourth-order valence-electron chi connectivity index (χ4n) is 3.50. The number of hydrogen-bond donors (Lipinski definition) is 1. The highest BCUT2D eigenvalue weighted by molar-refractivity contribution is 9.10. The van der Waals surface area contributed by atoms with E-state index in [1.54, 1.807) is 42.5 Å². The molecule has 8 nitrogen and oxygen atoms in total. The molecule has 184 valence electrons. The maximum Gasteiger partial charge on any atom is 0.264 e. The van der Waals surface area contributed by atoms with E-state index < -0.39 is 28.6 Å². The molecule has 0 saturated heterocycles. The lowest BCUT2D eigenvalue weighted by Gasteiger charge is -2.27. The van der Waals surface area contributed by atoms with Gasteiger partial charge < -0.3 is 19.5 Å². The second kappa shape index (κ2) is 11.0. The Morgan fingerprint density at radius 3 is 2.43 bits per heavy atom. The van der Waals surface area contributed by atoms with E-state index in [1.807, 2.05) is 25.1 Å². The molecule has 10 heteroatoms. The number of hydrogen-bond acceptors (Lipinski definition) is 6. The zero-order chi connectivity index (χ0) is 24.8. The summed E-state index contributed by atoms with van der Waals surface area (Å²) in [6.45, 7) is 2.39. The molecule has 0 unspecified atom stereocenters. The molecule has 3 aromatic carbocycles. The predicted molar refractivity (Wildman–Crippen MR) is 136 cm³/mol. The lowest BCUT2D eigenvalue weighted by molar-refractivity contribution is -0.120. The summed E-state index contributed by atoms with van der Waals surface area (Å²) < 4.78 is 45.8. The number of benzene rings is 3. The lowest BCUT2D eigenvalue weighted by Crippen LogP contribution is -2.45. The molecule has 1 heterocycles. The van der Waals surface area contributed by atoms with E-state index in [1.165, 1.54) is 12.1 Å². The van der Waals surface area contributed by atoms with Crippen LogP contribution in [0, 0.1) is 0 Å². The number of sulfonamides is 1. The second-order valence-electron chi connectivity index (χ2n) is 7.69. The van der Waals surface area contributed by atoms with Crippen LogP contribution in [0.4, 0.5) is 5.69 Å². The second-order valence-corrected chi connectivity index (χ2v) is 10.5. The van der Waals surface area contributed by atoms with Gasteiger partial charge >= 0.3 is 0 Å². The first-order valence-corrected chi connectivity index (χ1v) is 13.3. The highest BCUT2D eigenvalue weighted by Crippen LogP contribution is 2.31. The number of nitrogens with one attached hydrogen (secondary N) is 1. The van der Waals surface area contributed by atoms with Gasteiger partial charge in [0.15, 0.2) is 11.5 Å². The highest BCUT2D eigenvalue weighted by Gasteiger charge is 2.28. The number of amides is 1. The van der Waals surface area contributed by atoms with Crippen LogP contribution in [0.2, 0.25) is 0 Å². The number of ether oxygens (including phenoxy) is 3. The van der Waals surface area contributed by atoms with Crippen molar-refractivity contribution in [1.29, 1.82) is 0 Å². The minimum absolute atomic E-state index is 0.0722. The molecule has 1 aliphatic heterocycles. The molecule has 0 aromatic heterocycles. The summed E-state index contributed by atoms with van der Waals surface area (Å²) >= 11 is 3.32. The summed E-state index contributed by atoms with van der Waals surface area (Å²) in [7, 11) is -4.02. The van der Waals surface area contributed by atoms with Crippen molar-refractivity contribution in [2.45, 2.75) is 17.9 Å². The molecule has 0 spiro atoms. The van der Waals surface area contributed by atoms with Gasteiger partial charge in [-0.25, -0.2) is 8.42 Å². The first-order chi connectivity index (χ1) is 16.9. The number of anilines is 1. The van der Waals surface area contributed by atoms with Gasteiger partial charge in [-0.05, 0) is 67.6 Å². The molecule has 0 aliphatic carbocycles. The molecule has 4 rings (SSSR count). The molecule has 0 saturated carbocycles. The van der Waals surface area contributed by atoms with Gasteiger partial charge in [0, 0.05) is 4.47 Å². The van der Waals surface area contributed by atoms with E-state index in [2.05, 4.69) is 21.2 Å². The van der Waals surface area contributed by atoms with Crippen LogP contribution in [0.1, 0.15) is 6.92 Å². The Kier molecular flexibility index (Phi) is 7.82. The summed E-state index contributed by atoms with van der Waals surface area (Å²) in [6, 6.07) is 20.1. The van der Waals surface area contributed by atoms with Crippen LogP contribution < -0.4 is 23.8 Å². The van der Waals surface area contributed by atoms with Crippen molar-refractivity contribution >= 4 is 37.5 Å². The summed E-state index contributed by atoms with van der Waals surface area (Å²) in [5.74, 6) is 1.39. The van der Waals surface area contributed by atoms with Gasteiger partial charge in [0.05, 0.1) is 23.7 Å². The Hall–Kier alpha value is -3.24. The first-order valence-electron chi connectivity index (χ1n) is 11.0. The third-order valence-corrected chi connectivity index (χ3v) is 7.54. The largest absolute Gasteiger partial charge is 0.494 e. The Labute approximate surface area is 213 Å². The molecule has 3 aromatic rings. The number of rotatable bonds is 9. The molecule has 0 bridgehead atoms. The van der Waals surface area contributed by atoms with E-state index in [4.69, 9.17) is 14.2 Å². The summed E-state index contributed by atoms with van der Waals surface area (Å²) in [5.41, 5.74) is 0.345. The van der Waals surface area contributed by atoms with Crippen molar-refractivity contribution in [2.24, 2.45) is 0 Å². The molecule has 1 atom stereocenters. The highest BCUT2D eigenvalue weighted by atomic mass is 79.9. The molecule has 35 heavy (non-hydrogen) atoms. The van der Waals surface area contributed by atoms with E-state index in [0.29, 0.717) is 29.5 Å². The number of carbonyl (C=O) groups is 1. The topological polar surface area (TPSA) is 94.2 Å². The van der Waals surface area contributed by atoms with Gasteiger partial charge in [0.1, 0.15) is 25.0 Å². The molecule has 0 radical (unpaired) electrons. The Bertz CT molecular complexity index is 1270. The zero-order valence-electron chi connectivity index (χ0n) is 19.0. The Morgan fingerprint density at radius 2 is 1.74 bits per heavy atom. The predicted octanol–water partition coefficient (Wildman–Crippen LogP) is 4.00. The van der Waals surface area contributed by atoms with Crippen LogP contribution in [-0.2, 0) is 14.8 Å². The maximum absolute atomic E-state index is 13.5. The smallest absolute Gasteiger partial charge is 0.264 e. The number of fused-ring (bicyclic) bond motifs is 1. The van der Waals surface area contributed by atoms with Crippen molar-refractivity contribution in [2.75, 3.05) is 30.6 Å². The summed E-state index contributed by atoms with van der Waals surface area (Å²) in [4.78, 5) is 12.9. The molecule has 1 N–H and O–H groups in total. The van der Waals surface area contributed by atoms with E-state index in [0.717, 1.165) is 8.78 Å². The molecule has 1 amide bonds. The van der Waals surface area contributed by atoms with Crippen molar-refractivity contribution < 1.29 is 27.4 Å². The molecular weight excluding hydrogens is 536 g/mol. The van der Waals surface area contributed by atoms with E-state index >= 15 is 0 Å². The normalized spacial score (nSPS) is 14.7. The van der Waals surface area contributed by atoms with Crippen molar-refractivity contribution in [1.82, 2.24) is 5.32 Å². The lowest BCUT2D eigenvalue weighted by atomic mass is 10.2. The minimum atomic E-state index is -4.02. The van der Waals surface area contributed by atoms with Crippen molar-refractivity contribution in [3.8, 4) is 17.2 Å². The van der Waals surface area contributed by atoms with Crippen LogP contribution in [0.3, 0.4) is 0 Å². The molecule has 0 fully saturated rings. The van der Waals surface area contributed by atoms with Gasteiger partial charge in [0.25, 0.3) is 10.0 Å². The fraction of sp³-hybridized carbons (Fsp3) is 0.240. The van der Waals surface area contributed by atoms with Gasteiger partial charge in [-0.1, -0.05) is 28.1 Å². The third-order valence-electron chi connectivity index (χ3n) is 5.22. The van der Waals surface area contributed by atoms with E-state index in [9.17, 15) is 13.2 Å². The maximum atomic E-state index is 13.5. The van der Waals surface area contributed by atoms with Gasteiger partial charge in [-0.15, -0.1) is 0 Å². The van der Waals surface area contributed by atoms with Crippen LogP contribution in [-0.4, -0.2) is 46.7 Å². The SMILES string of the molecule is CCOc1ccc(N(CC(=O)NC[C@H]2COc3ccccc3O2)S(=O)(=O)c2ccc(Br)cc2)cc1. The number of halogens is 1. The van der Waals surface area contributed by atoms with Gasteiger partial charge in [-0.3, -0.25) is 9.10 Å². The summed E-state index contributed by atoms with van der Waals surface area (Å²) in [5, 5.41) is 2.77. The average Bonchev–Trinajstić information content (AvgIpc) is 2.87. The quantitative estimate of drug-likeness (QED) is 0.425. The number of carbonyl (C=O) groups excluding carboxylic acids is 1. The number of nitrogens with zero attached hydrogens (tertiary/aromatic N) is 1. The average molecular weight is 561 g/mol. The van der Waals surface area contributed by atoms with Crippen LogP contribution in [0.5, 0.6) is 17.2 Å². The van der Waals surface area contributed by atoms with Crippen molar-refractivity contribution in [3.05, 3.63) is 77.3 Å². The van der Waals surface area contributed by atoms with Crippen LogP contribution in [0.15, 0.2) is 82.2 Å². The Balaban J connectivity index is 1.50. The zero-order valence-corrected chi connectivity index (χ0v) is 21.4. The van der Waals surface area contributed by atoms with Crippen LogP contribution >= 0.6 is 15.9 Å². The summed E-state index contributed by atoms with van der Waals surface area (Å²) in [6.07, 6.45) is -0.393. The standard InChI is InChI=1S/C25H25BrN2O6S/c1-2-32-20-11-9-19(10-12-20)28(35(30,31)22-13-7-18(26)8-14-22)16-25(29)27-15-21-17-33-23-5-3-4-6-24(23)34-21/h3-14,21H,2,15-17H2,1H3,(H,27,29)/t21-/m0/s1. The number of para-hydroxylation sites is 2. The van der Waals surface area contributed by atoms with E-state index in [-0.39, 0.29) is 18.0 Å². The molecular formula is C25H25BrN2O6S. The van der Waals surface area contributed by atoms with Gasteiger partial charge in [-0.2, -0.15) is 0 Å². The van der Waals surface area contributed by atoms with Gasteiger partial charge in [0.2, 0.25) is 5.91 Å². The Morgan fingerprint density at radius 1 is 1.06 bits per heavy atom. The fourth-order valence-corrected chi connectivity index (χ4v) is 5.19. The minimum Gasteiger partial charge on any atom is -0.494 e. The third kappa shape index (κ3) is 6.07. The van der Waals surface area contributed by atoms with Crippen molar-refractivity contribution in [3.63, 3.8) is 0 Å². The molecule has 1 aliphatic rings. The first kappa shape index (κ1) is 24.9. The van der Waals surface area contributed by atoms with Crippen LogP contribution in [0.25, 0.3) is 0 Å².